The number of guanidine groups is 1. The van der Waals surface area contributed by atoms with Crippen molar-refractivity contribution >= 4 is 29.9 Å². The summed E-state index contributed by atoms with van der Waals surface area (Å²) in [5.74, 6) is 1.94. The Balaban J connectivity index is 0.00000364. The van der Waals surface area contributed by atoms with Crippen LogP contribution in [0.1, 0.15) is 30.9 Å². The van der Waals surface area contributed by atoms with Crippen LogP contribution in [0.25, 0.3) is 0 Å². The highest BCUT2D eigenvalue weighted by molar-refractivity contribution is 14.0. The Morgan fingerprint density at radius 3 is 2.56 bits per heavy atom. The lowest BCUT2D eigenvalue weighted by atomic mass is 10.1. The van der Waals surface area contributed by atoms with Gasteiger partial charge in [0.25, 0.3) is 0 Å². The van der Waals surface area contributed by atoms with Crippen molar-refractivity contribution in [3.63, 3.8) is 0 Å². The Bertz CT molecular complexity index is 699. The lowest BCUT2D eigenvalue weighted by Crippen LogP contribution is -2.39. The summed E-state index contributed by atoms with van der Waals surface area (Å²) in [6, 6.07) is 5.99. The quantitative estimate of drug-likeness (QED) is 0.336. The molecule has 6 nitrogen and oxygen atoms in total. The van der Waals surface area contributed by atoms with E-state index < -0.39 is 0 Å². The van der Waals surface area contributed by atoms with Crippen LogP contribution in [0.3, 0.4) is 0 Å². The highest BCUT2D eigenvalue weighted by Gasteiger charge is 2.09. The largest absolute Gasteiger partial charge is 0.489 e. The van der Waals surface area contributed by atoms with Gasteiger partial charge in [0.2, 0.25) is 0 Å². The second-order valence-corrected chi connectivity index (χ2v) is 6.08. The van der Waals surface area contributed by atoms with Crippen molar-refractivity contribution in [1.29, 1.82) is 0 Å². The Morgan fingerprint density at radius 2 is 1.96 bits per heavy atom. The van der Waals surface area contributed by atoms with E-state index in [0.717, 1.165) is 42.5 Å². The maximum Gasteiger partial charge on any atom is 0.191 e. The third-order valence-electron chi connectivity index (χ3n) is 3.85. The van der Waals surface area contributed by atoms with Gasteiger partial charge in [0.05, 0.1) is 12.2 Å². The van der Waals surface area contributed by atoms with Gasteiger partial charge in [-0.05, 0) is 58.4 Å². The molecule has 27 heavy (non-hydrogen) atoms. The van der Waals surface area contributed by atoms with Gasteiger partial charge < -0.3 is 19.9 Å². The van der Waals surface area contributed by atoms with Crippen LogP contribution in [0.4, 0.5) is 4.39 Å². The molecule has 0 saturated carbocycles. The van der Waals surface area contributed by atoms with E-state index in [1.54, 1.807) is 12.1 Å². The fourth-order valence-corrected chi connectivity index (χ4v) is 2.51. The van der Waals surface area contributed by atoms with Crippen LogP contribution in [-0.2, 0) is 6.42 Å². The molecule has 1 aromatic heterocycles. The molecule has 1 unspecified atom stereocenters. The zero-order chi connectivity index (χ0) is 18.9. The molecule has 8 heteroatoms. The number of rotatable bonds is 8. The molecule has 0 fully saturated rings. The van der Waals surface area contributed by atoms with Gasteiger partial charge in [-0.1, -0.05) is 5.16 Å². The van der Waals surface area contributed by atoms with E-state index in [1.165, 1.54) is 12.1 Å². The predicted octanol–water partition coefficient (Wildman–Crippen LogP) is 3.61. The van der Waals surface area contributed by atoms with E-state index in [9.17, 15) is 4.39 Å². The van der Waals surface area contributed by atoms with E-state index in [4.69, 9.17) is 9.26 Å². The zero-order valence-electron chi connectivity index (χ0n) is 16.2. The normalized spacial score (nSPS) is 12.3. The van der Waals surface area contributed by atoms with Gasteiger partial charge >= 0.3 is 0 Å². The van der Waals surface area contributed by atoms with Crippen molar-refractivity contribution in [2.24, 2.45) is 4.99 Å². The predicted molar refractivity (Wildman–Crippen MR) is 116 cm³/mol. The number of aromatic nitrogens is 1. The molecule has 0 saturated heterocycles. The van der Waals surface area contributed by atoms with Gasteiger partial charge in [0.1, 0.15) is 23.4 Å². The molecule has 0 radical (unpaired) electrons. The second-order valence-electron chi connectivity index (χ2n) is 6.08. The monoisotopic (exact) mass is 490 g/mol. The lowest BCUT2D eigenvalue weighted by molar-refractivity contribution is 0.230. The van der Waals surface area contributed by atoms with E-state index >= 15 is 0 Å². The van der Waals surface area contributed by atoms with E-state index in [1.807, 2.05) is 27.7 Å². The van der Waals surface area contributed by atoms with E-state index in [2.05, 4.69) is 20.8 Å². The van der Waals surface area contributed by atoms with Gasteiger partial charge in [-0.25, -0.2) is 9.38 Å². The molecule has 0 aliphatic carbocycles. The average molecular weight is 490 g/mol. The summed E-state index contributed by atoms with van der Waals surface area (Å²) >= 11 is 0. The van der Waals surface area contributed by atoms with Crippen LogP contribution in [0.15, 0.2) is 33.8 Å². The third kappa shape index (κ3) is 7.74. The minimum atomic E-state index is -0.278. The first kappa shape index (κ1) is 23.2. The van der Waals surface area contributed by atoms with Gasteiger partial charge in [-0.15, -0.1) is 24.0 Å². The molecule has 2 rings (SSSR count). The van der Waals surface area contributed by atoms with Crippen molar-refractivity contribution < 1.29 is 13.7 Å². The van der Waals surface area contributed by atoms with Crippen LogP contribution >= 0.6 is 24.0 Å². The molecule has 1 aromatic carbocycles. The summed E-state index contributed by atoms with van der Waals surface area (Å²) in [5, 5.41) is 10.5. The molecular formula is C19H28FIN4O2. The molecule has 1 atom stereocenters. The number of aryl methyl sites for hydroxylation is 2. The third-order valence-corrected chi connectivity index (χ3v) is 3.85. The van der Waals surface area contributed by atoms with E-state index in [0.29, 0.717) is 12.3 Å². The molecule has 150 valence electrons. The highest BCUT2D eigenvalue weighted by atomic mass is 127. The van der Waals surface area contributed by atoms with Gasteiger partial charge in [0, 0.05) is 18.7 Å². The maximum absolute atomic E-state index is 12.9. The molecule has 0 aliphatic heterocycles. The second kappa shape index (κ2) is 11.8. The Kier molecular flexibility index (Phi) is 10.1. The van der Waals surface area contributed by atoms with Crippen LogP contribution in [0.5, 0.6) is 5.75 Å². The first-order valence-electron chi connectivity index (χ1n) is 8.85. The smallest absolute Gasteiger partial charge is 0.191 e. The molecule has 2 N–H and O–H groups in total. The lowest BCUT2D eigenvalue weighted by Gasteiger charge is -2.15. The van der Waals surface area contributed by atoms with Crippen LogP contribution < -0.4 is 15.4 Å². The highest BCUT2D eigenvalue weighted by Crippen LogP contribution is 2.13. The number of benzene rings is 1. The molecular weight excluding hydrogens is 462 g/mol. The molecule has 1 heterocycles. The standard InChI is InChI=1S/C19H27FN4O2.HI/c1-5-21-19(22-11-10-18-14(3)24-26-15(18)4)23-12-13(2)25-17-8-6-16(20)7-9-17;/h6-9,13H,5,10-12H2,1-4H3,(H2,21,22,23);1H. The minimum Gasteiger partial charge on any atom is -0.489 e. The number of halogens is 2. The molecule has 0 amide bonds. The topological polar surface area (TPSA) is 71.7 Å². The summed E-state index contributed by atoms with van der Waals surface area (Å²) < 4.78 is 23.9. The van der Waals surface area contributed by atoms with Crippen molar-refractivity contribution in [1.82, 2.24) is 15.8 Å². The van der Waals surface area contributed by atoms with Crippen molar-refractivity contribution in [3.8, 4) is 5.75 Å². The fraction of sp³-hybridized carbons (Fsp3) is 0.474. The van der Waals surface area contributed by atoms with Crippen LogP contribution in [0, 0.1) is 19.7 Å². The number of hydrogen-bond donors (Lipinski definition) is 2. The minimum absolute atomic E-state index is 0. The summed E-state index contributed by atoms with van der Waals surface area (Å²) in [5.41, 5.74) is 2.05. The van der Waals surface area contributed by atoms with Crippen LogP contribution in [0.2, 0.25) is 0 Å². The van der Waals surface area contributed by atoms with Crippen molar-refractivity contribution in [2.45, 2.75) is 40.2 Å². The Hall–Kier alpha value is -1.84. The first-order valence-corrected chi connectivity index (χ1v) is 8.85. The maximum atomic E-state index is 12.9. The summed E-state index contributed by atoms with van der Waals surface area (Å²) in [4.78, 5) is 4.55. The number of hydrogen-bond acceptors (Lipinski definition) is 4. The summed E-state index contributed by atoms with van der Waals surface area (Å²) in [7, 11) is 0. The number of nitrogens with zero attached hydrogens (tertiary/aromatic N) is 2. The average Bonchev–Trinajstić information content (AvgIpc) is 2.93. The fourth-order valence-electron chi connectivity index (χ4n) is 2.51. The molecule has 2 aromatic rings. The van der Waals surface area contributed by atoms with Crippen LogP contribution in [-0.4, -0.2) is 36.9 Å². The van der Waals surface area contributed by atoms with Gasteiger partial charge in [-0.3, -0.25) is 0 Å². The summed E-state index contributed by atoms with van der Waals surface area (Å²) in [6.45, 7) is 9.79. The number of ether oxygens (including phenoxy) is 1. The molecule has 0 bridgehead atoms. The first-order chi connectivity index (χ1) is 12.5. The summed E-state index contributed by atoms with van der Waals surface area (Å²) in [6.07, 6.45) is 0.686. The van der Waals surface area contributed by atoms with Crippen molar-refractivity contribution in [2.75, 3.05) is 19.6 Å². The van der Waals surface area contributed by atoms with E-state index in [-0.39, 0.29) is 35.9 Å². The molecule has 0 spiro atoms. The SMILES string of the molecule is CCNC(=NCC(C)Oc1ccc(F)cc1)NCCc1c(C)noc1C.I. The Morgan fingerprint density at radius 1 is 1.26 bits per heavy atom. The zero-order valence-corrected chi connectivity index (χ0v) is 18.5. The van der Waals surface area contributed by atoms with Gasteiger partial charge in [0.15, 0.2) is 5.96 Å². The number of aliphatic imine (C=N–C) groups is 1. The molecule has 0 aliphatic rings. The Labute approximate surface area is 177 Å². The van der Waals surface area contributed by atoms with Gasteiger partial charge in [-0.2, -0.15) is 0 Å². The van der Waals surface area contributed by atoms with Crippen molar-refractivity contribution in [3.05, 3.63) is 47.1 Å². The number of nitrogens with one attached hydrogen (secondary N) is 2.